The molecule has 0 fully saturated rings. The number of nitrogens with zero attached hydrogens (tertiary/aromatic N) is 2. The third-order valence-electron chi connectivity index (χ3n) is 1.87. The Hall–Kier alpha value is -1.55. The van der Waals surface area contributed by atoms with Gasteiger partial charge in [-0.3, -0.25) is 0 Å². The van der Waals surface area contributed by atoms with E-state index >= 15 is 0 Å². The van der Waals surface area contributed by atoms with Crippen molar-refractivity contribution in [3.05, 3.63) is 29.8 Å². The molecule has 0 heterocycles. The van der Waals surface area contributed by atoms with Gasteiger partial charge in [-0.15, -0.1) is 0 Å². The van der Waals surface area contributed by atoms with Crippen LogP contribution in [-0.2, 0) is 0 Å². The van der Waals surface area contributed by atoms with Crippen molar-refractivity contribution < 1.29 is 4.79 Å². The Kier molecular flexibility index (Phi) is 3.09. The molecule has 0 aliphatic rings. The van der Waals surface area contributed by atoms with Gasteiger partial charge in [0.2, 0.25) is 0 Å². The van der Waals surface area contributed by atoms with E-state index in [1.54, 1.807) is 20.2 Å². The highest BCUT2D eigenvalue weighted by molar-refractivity contribution is 5.90. The SMILES string of the molecule is Cc1cccc(N(N)C(=O)N(C)C)c1. The average Bonchev–Trinajstić information content (AvgIpc) is 2.15. The van der Waals surface area contributed by atoms with Crippen LogP contribution in [0, 0.1) is 6.92 Å². The predicted octanol–water partition coefficient (Wildman–Crippen LogP) is 1.36. The molecule has 76 valence electrons. The van der Waals surface area contributed by atoms with Gasteiger partial charge >= 0.3 is 6.03 Å². The molecule has 2 N–H and O–H groups in total. The molecule has 1 aromatic rings. The number of benzene rings is 1. The molecule has 4 heteroatoms. The second-order valence-electron chi connectivity index (χ2n) is 3.39. The summed E-state index contributed by atoms with van der Waals surface area (Å²) in [7, 11) is 3.33. The van der Waals surface area contributed by atoms with Crippen LogP contribution >= 0.6 is 0 Å². The minimum absolute atomic E-state index is 0.240. The number of carbonyl (C=O) groups excluding carboxylic acids is 1. The van der Waals surface area contributed by atoms with Crippen LogP contribution in [0.2, 0.25) is 0 Å². The first kappa shape index (κ1) is 10.5. The van der Waals surface area contributed by atoms with Gasteiger partial charge in [-0.05, 0) is 24.6 Å². The quantitative estimate of drug-likeness (QED) is 0.416. The van der Waals surface area contributed by atoms with E-state index in [4.69, 9.17) is 5.84 Å². The van der Waals surface area contributed by atoms with Crippen molar-refractivity contribution in [1.29, 1.82) is 0 Å². The summed E-state index contributed by atoms with van der Waals surface area (Å²) in [5.74, 6) is 5.65. The van der Waals surface area contributed by atoms with Crippen LogP contribution < -0.4 is 10.9 Å². The molecule has 0 spiro atoms. The topological polar surface area (TPSA) is 49.6 Å². The van der Waals surface area contributed by atoms with Crippen LogP contribution in [0.15, 0.2) is 24.3 Å². The van der Waals surface area contributed by atoms with Crippen molar-refractivity contribution in [2.24, 2.45) is 5.84 Å². The van der Waals surface area contributed by atoms with Crippen LogP contribution in [0.5, 0.6) is 0 Å². The molecule has 0 atom stereocenters. The molecule has 0 saturated heterocycles. The highest BCUT2D eigenvalue weighted by Gasteiger charge is 2.12. The average molecular weight is 193 g/mol. The normalized spacial score (nSPS) is 9.71. The van der Waals surface area contributed by atoms with Gasteiger partial charge in [0.1, 0.15) is 0 Å². The van der Waals surface area contributed by atoms with Gasteiger partial charge in [-0.25, -0.2) is 15.6 Å². The first-order valence-corrected chi connectivity index (χ1v) is 4.35. The Morgan fingerprint density at radius 3 is 2.50 bits per heavy atom. The summed E-state index contributed by atoms with van der Waals surface area (Å²) >= 11 is 0. The van der Waals surface area contributed by atoms with Crippen LogP contribution in [0.4, 0.5) is 10.5 Å². The second-order valence-corrected chi connectivity index (χ2v) is 3.39. The number of rotatable bonds is 1. The molecule has 0 aromatic heterocycles. The fourth-order valence-corrected chi connectivity index (χ4v) is 1.10. The molecule has 0 saturated carbocycles. The van der Waals surface area contributed by atoms with E-state index in [0.717, 1.165) is 10.6 Å². The van der Waals surface area contributed by atoms with Gasteiger partial charge in [0.15, 0.2) is 0 Å². The molecule has 0 aliphatic carbocycles. The van der Waals surface area contributed by atoms with Crippen LogP contribution in [-0.4, -0.2) is 25.0 Å². The van der Waals surface area contributed by atoms with Crippen LogP contribution in [0.3, 0.4) is 0 Å². The lowest BCUT2D eigenvalue weighted by Crippen LogP contribution is -2.44. The number of hydrogen-bond donors (Lipinski definition) is 1. The van der Waals surface area contributed by atoms with Crippen molar-refractivity contribution >= 4 is 11.7 Å². The summed E-state index contributed by atoms with van der Waals surface area (Å²) < 4.78 is 0. The van der Waals surface area contributed by atoms with Gasteiger partial charge < -0.3 is 4.90 Å². The Morgan fingerprint density at radius 1 is 1.36 bits per heavy atom. The smallest absolute Gasteiger partial charge is 0.329 e. The zero-order chi connectivity index (χ0) is 10.7. The minimum atomic E-state index is -0.240. The predicted molar refractivity (Wildman–Crippen MR) is 56.9 cm³/mol. The molecule has 0 aliphatic heterocycles. The second kappa shape index (κ2) is 4.11. The Morgan fingerprint density at radius 2 is 2.00 bits per heavy atom. The van der Waals surface area contributed by atoms with E-state index in [1.165, 1.54) is 4.90 Å². The number of hydrogen-bond acceptors (Lipinski definition) is 2. The minimum Gasteiger partial charge on any atom is -0.329 e. The third-order valence-corrected chi connectivity index (χ3v) is 1.87. The zero-order valence-corrected chi connectivity index (χ0v) is 8.69. The van der Waals surface area contributed by atoms with Crippen LogP contribution in [0.25, 0.3) is 0 Å². The van der Waals surface area contributed by atoms with Gasteiger partial charge in [-0.2, -0.15) is 0 Å². The molecule has 4 nitrogen and oxygen atoms in total. The number of aryl methyl sites for hydroxylation is 1. The third kappa shape index (κ3) is 2.23. The molecule has 0 radical (unpaired) electrons. The molecular formula is C10H15N3O. The Balaban J connectivity index is 2.89. The Labute approximate surface area is 83.9 Å². The largest absolute Gasteiger partial charge is 0.338 e. The molecular weight excluding hydrogens is 178 g/mol. The van der Waals surface area contributed by atoms with E-state index in [2.05, 4.69) is 0 Å². The summed E-state index contributed by atoms with van der Waals surface area (Å²) in [4.78, 5) is 12.9. The van der Waals surface area contributed by atoms with Gasteiger partial charge in [0, 0.05) is 14.1 Å². The van der Waals surface area contributed by atoms with Gasteiger partial charge in [0.05, 0.1) is 5.69 Å². The van der Waals surface area contributed by atoms with Crippen molar-refractivity contribution in [1.82, 2.24) is 4.90 Å². The highest BCUT2D eigenvalue weighted by atomic mass is 16.2. The lowest BCUT2D eigenvalue weighted by atomic mass is 10.2. The van der Waals surface area contributed by atoms with Crippen molar-refractivity contribution in [2.45, 2.75) is 6.92 Å². The summed E-state index contributed by atoms with van der Waals surface area (Å²) in [5.41, 5.74) is 1.77. The number of amides is 2. The van der Waals surface area contributed by atoms with E-state index in [1.807, 2.05) is 25.1 Å². The first-order chi connectivity index (χ1) is 6.52. The summed E-state index contributed by atoms with van der Waals surface area (Å²) in [5, 5.41) is 1.13. The monoisotopic (exact) mass is 193 g/mol. The summed E-state index contributed by atoms with van der Waals surface area (Å²) in [6, 6.07) is 7.25. The number of hydrazine groups is 1. The first-order valence-electron chi connectivity index (χ1n) is 4.35. The molecule has 0 unspecified atom stereocenters. The van der Waals surface area contributed by atoms with E-state index in [-0.39, 0.29) is 6.03 Å². The molecule has 2 amide bonds. The van der Waals surface area contributed by atoms with Crippen molar-refractivity contribution in [3.63, 3.8) is 0 Å². The Bertz CT molecular complexity index is 336. The summed E-state index contributed by atoms with van der Waals surface area (Å²) in [6.45, 7) is 1.96. The molecule has 0 bridgehead atoms. The van der Waals surface area contributed by atoms with E-state index in [0.29, 0.717) is 5.69 Å². The molecule has 1 rings (SSSR count). The zero-order valence-electron chi connectivity index (χ0n) is 8.69. The molecule has 14 heavy (non-hydrogen) atoms. The number of nitrogens with two attached hydrogens (primary N) is 1. The van der Waals surface area contributed by atoms with Gasteiger partial charge in [-0.1, -0.05) is 12.1 Å². The van der Waals surface area contributed by atoms with E-state index < -0.39 is 0 Å². The molecule has 1 aromatic carbocycles. The maximum absolute atomic E-state index is 11.5. The highest BCUT2D eigenvalue weighted by Crippen LogP contribution is 2.13. The van der Waals surface area contributed by atoms with Crippen molar-refractivity contribution in [3.8, 4) is 0 Å². The fraction of sp³-hybridized carbons (Fsp3) is 0.300. The van der Waals surface area contributed by atoms with Crippen molar-refractivity contribution in [2.75, 3.05) is 19.1 Å². The number of urea groups is 1. The fourth-order valence-electron chi connectivity index (χ4n) is 1.10. The number of carbonyl (C=O) groups is 1. The summed E-state index contributed by atoms with van der Waals surface area (Å²) in [6.07, 6.45) is 0. The van der Waals surface area contributed by atoms with Gasteiger partial charge in [0.25, 0.3) is 0 Å². The standard InChI is InChI=1S/C10H15N3O/c1-8-5-4-6-9(7-8)13(11)10(14)12(2)3/h4-7H,11H2,1-3H3. The van der Waals surface area contributed by atoms with Crippen LogP contribution in [0.1, 0.15) is 5.56 Å². The number of anilines is 1. The maximum atomic E-state index is 11.5. The lowest BCUT2D eigenvalue weighted by molar-refractivity contribution is 0.224. The lowest BCUT2D eigenvalue weighted by Gasteiger charge is -2.21. The van der Waals surface area contributed by atoms with E-state index in [9.17, 15) is 4.79 Å². The maximum Gasteiger partial charge on any atom is 0.338 e.